The number of carboxylic acid groups (broad SMARTS) is 1. The van der Waals surface area contributed by atoms with E-state index < -0.39 is 10.9 Å². The minimum atomic E-state index is -1.19. The molecule has 0 spiro atoms. The van der Waals surface area contributed by atoms with E-state index in [-0.39, 0.29) is 15.6 Å². The van der Waals surface area contributed by atoms with E-state index in [0.717, 1.165) is 3.57 Å². The molecule has 0 aliphatic heterocycles. The molecule has 0 aliphatic carbocycles. The van der Waals surface area contributed by atoms with Gasteiger partial charge in [-0.2, -0.15) is 0 Å². The Kier molecular flexibility index (Phi) is 4.00. The van der Waals surface area contributed by atoms with Crippen LogP contribution in [0.3, 0.4) is 0 Å². The fourth-order valence-electron chi connectivity index (χ4n) is 1.41. The number of benzene rings is 1. The summed E-state index contributed by atoms with van der Waals surface area (Å²) in [4.78, 5) is 21.0. The van der Waals surface area contributed by atoms with Gasteiger partial charge in [-0.25, -0.2) is 4.79 Å². The molecular formula is C11H7IN2O4S. The standard InChI is InChI=1S/C11H7IN2O4S/c12-6-1-3-7(4-2-6)13-8-5-9(14(17)18)19-10(8)11(15)16/h1-5,13H,(H,15,16). The second-order valence-electron chi connectivity index (χ2n) is 3.52. The van der Waals surface area contributed by atoms with Crippen molar-refractivity contribution in [1.82, 2.24) is 0 Å². The predicted octanol–water partition coefficient (Wildman–Crippen LogP) is 3.70. The Labute approximate surface area is 125 Å². The summed E-state index contributed by atoms with van der Waals surface area (Å²) >= 11 is 2.78. The fraction of sp³-hybridized carbons (Fsp3) is 0. The van der Waals surface area contributed by atoms with Crippen molar-refractivity contribution < 1.29 is 14.8 Å². The molecule has 0 bridgehead atoms. The quantitative estimate of drug-likeness (QED) is 0.472. The van der Waals surface area contributed by atoms with Crippen LogP contribution in [0.4, 0.5) is 16.4 Å². The molecule has 0 aliphatic rings. The van der Waals surface area contributed by atoms with Crippen LogP contribution in [-0.2, 0) is 0 Å². The molecule has 2 rings (SSSR count). The molecule has 0 saturated carbocycles. The van der Waals surface area contributed by atoms with E-state index in [1.807, 2.05) is 12.1 Å². The van der Waals surface area contributed by atoms with Crippen LogP contribution in [-0.4, -0.2) is 16.0 Å². The summed E-state index contributed by atoms with van der Waals surface area (Å²) in [6.07, 6.45) is 0. The minimum Gasteiger partial charge on any atom is -0.477 e. The van der Waals surface area contributed by atoms with E-state index in [4.69, 9.17) is 5.11 Å². The van der Waals surface area contributed by atoms with Crippen LogP contribution in [0.25, 0.3) is 0 Å². The van der Waals surface area contributed by atoms with Gasteiger partial charge in [-0.1, -0.05) is 11.3 Å². The lowest BCUT2D eigenvalue weighted by molar-refractivity contribution is -0.380. The normalized spacial score (nSPS) is 10.2. The van der Waals surface area contributed by atoms with E-state index in [1.165, 1.54) is 6.07 Å². The largest absolute Gasteiger partial charge is 0.477 e. The van der Waals surface area contributed by atoms with Crippen LogP contribution >= 0.6 is 33.9 Å². The summed E-state index contributed by atoms with van der Waals surface area (Å²) in [5.74, 6) is -1.19. The molecule has 98 valence electrons. The number of halogens is 1. The Balaban J connectivity index is 2.35. The molecule has 1 aromatic heterocycles. The number of nitro groups is 1. The predicted molar refractivity (Wildman–Crippen MR) is 80.4 cm³/mol. The molecule has 0 atom stereocenters. The van der Waals surface area contributed by atoms with Crippen molar-refractivity contribution in [2.45, 2.75) is 0 Å². The molecular weight excluding hydrogens is 383 g/mol. The van der Waals surface area contributed by atoms with Crippen molar-refractivity contribution in [1.29, 1.82) is 0 Å². The molecule has 1 aromatic carbocycles. The second-order valence-corrected chi connectivity index (χ2v) is 5.80. The molecule has 1 heterocycles. The number of carbonyl (C=O) groups is 1. The van der Waals surface area contributed by atoms with E-state index in [9.17, 15) is 14.9 Å². The topological polar surface area (TPSA) is 92.5 Å². The summed E-state index contributed by atoms with van der Waals surface area (Å²) in [6.45, 7) is 0. The molecule has 0 amide bonds. The minimum absolute atomic E-state index is 0.0785. The van der Waals surface area contributed by atoms with Gasteiger partial charge in [0.25, 0.3) is 0 Å². The van der Waals surface area contributed by atoms with E-state index in [0.29, 0.717) is 17.0 Å². The van der Waals surface area contributed by atoms with Gasteiger partial charge < -0.3 is 10.4 Å². The van der Waals surface area contributed by atoms with Crippen LogP contribution in [0, 0.1) is 13.7 Å². The Morgan fingerprint density at radius 1 is 1.37 bits per heavy atom. The maximum atomic E-state index is 11.0. The molecule has 19 heavy (non-hydrogen) atoms. The third-order valence-electron chi connectivity index (χ3n) is 2.22. The number of aromatic carboxylic acids is 1. The third-order valence-corrected chi connectivity index (χ3v) is 4.01. The van der Waals surface area contributed by atoms with Gasteiger partial charge in [0.05, 0.1) is 16.7 Å². The van der Waals surface area contributed by atoms with E-state index in [2.05, 4.69) is 27.9 Å². The number of anilines is 2. The molecule has 6 nitrogen and oxygen atoms in total. The van der Waals surface area contributed by atoms with Crippen LogP contribution < -0.4 is 5.32 Å². The molecule has 2 aromatic rings. The summed E-state index contributed by atoms with van der Waals surface area (Å²) in [7, 11) is 0. The Morgan fingerprint density at radius 2 is 2.00 bits per heavy atom. The number of hydrogen-bond donors (Lipinski definition) is 2. The lowest BCUT2D eigenvalue weighted by Crippen LogP contribution is -1.98. The Morgan fingerprint density at radius 3 is 2.53 bits per heavy atom. The fourth-order valence-corrected chi connectivity index (χ4v) is 2.54. The maximum absolute atomic E-state index is 11.0. The van der Waals surface area contributed by atoms with Crippen molar-refractivity contribution in [3.05, 3.63) is 48.9 Å². The number of nitrogens with one attached hydrogen (secondary N) is 1. The molecule has 0 saturated heterocycles. The highest BCUT2D eigenvalue weighted by molar-refractivity contribution is 14.1. The zero-order valence-corrected chi connectivity index (χ0v) is 12.3. The van der Waals surface area contributed by atoms with Gasteiger partial charge in [0.15, 0.2) is 0 Å². The van der Waals surface area contributed by atoms with Crippen molar-refractivity contribution in [3.8, 4) is 0 Å². The van der Waals surface area contributed by atoms with Crippen molar-refractivity contribution in [3.63, 3.8) is 0 Å². The van der Waals surface area contributed by atoms with Gasteiger partial charge in [0.2, 0.25) is 0 Å². The monoisotopic (exact) mass is 390 g/mol. The number of rotatable bonds is 4. The zero-order chi connectivity index (χ0) is 14.0. The first-order valence-corrected chi connectivity index (χ1v) is 6.91. The number of carboxylic acids is 1. The second kappa shape index (κ2) is 5.53. The first-order chi connectivity index (χ1) is 8.97. The molecule has 0 fully saturated rings. The Bertz CT molecular complexity index is 639. The molecule has 2 N–H and O–H groups in total. The van der Waals surface area contributed by atoms with Gasteiger partial charge in [-0.15, -0.1) is 0 Å². The van der Waals surface area contributed by atoms with E-state index >= 15 is 0 Å². The smallest absolute Gasteiger partial charge is 0.348 e. The van der Waals surface area contributed by atoms with Crippen LogP contribution in [0.2, 0.25) is 0 Å². The maximum Gasteiger partial charge on any atom is 0.348 e. The Hall–Kier alpha value is -1.68. The summed E-state index contributed by atoms with van der Waals surface area (Å²) in [6, 6.07) is 8.48. The average molecular weight is 390 g/mol. The van der Waals surface area contributed by atoms with Gasteiger partial charge in [0.1, 0.15) is 4.88 Å². The number of nitrogens with zero attached hydrogens (tertiary/aromatic N) is 1. The molecule has 0 unspecified atom stereocenters. The van der Waals surface area contributed by atoms with Gasteiger partial charge in [0, 0.05) is 9.26 Å². The third kappa shape index (κ3) is 3.20. The zero-order valence-electron chi connectivity index (χ0n) is 9.29. The van der Waals surface area contributed by atoms with Crippen LogP contribution in [0.15, 0.2) is 30.3 Å². The highest BCUT2D eigenvalue weighted by Gasteiger charge is 2.21. The van der Waals surface area contributed by atoms with E-state index in [1.54, 1.807) is 12.1 Å². The van der Waals surface area contributed by atoms with Crippen LogP contribution in [0.5, 0.6) is 0 Å². The molecule has 0 radical (unpaired) electrons. The first kappa shape index (κ1) is 13.7. The SMILES string of the molecule is O=C(O)c1sc([N+](=O)[O-])cc1Nc1ccc(I)cc1. The average Bonchev–Trinajstić information content (AvgIpc) is 2.76. The van der Waals surface area contributed by atoms with Crippen molar-refractivity contribution >= 4 is 56.3 Å². The number of thiophene rings is 1. The summed E-state index contributed by atoms with van der Waals surface area (Å²) in [5.41, 5.74) is 0.904. The highest BCUT2D eigenvalue weighted by Crippen LogP contribution is 2.34. The number of hydrogen-bond acceptors (Lipinski definition) is 5. The lowest BCUT2D eigenvalue weighted by Gasteiger charge is -2.04. The lowest BCUT2D eigenvalue weighted by atomic mass is 10.3. The summed E-state index contributed by atoms with van der Waals surface area (Å²) < 4.78 is 1.04. The highest BCUT2D eigenvalue weighted by atomic mass is 127. The molecule has 8 heteroatoms. The van der Waals surface area contributed by atoms with Gasteiger partial charge in [-0.05, 0) is 46.9 Å². The first-order valence-electron chi connectivity index (χ1n) is 5.01. The van der Waals surface area contributed by atoms with Crippen LogP contribution in [0.1, 0.15) is 9.67 Å². The van der Waals surface area contributed by atoms with Gasteiger partial charge in [-0.3, -0.25) is 10.1 Å². The van der Waals surface area contributed by atoms with Crippen molar-refractivity contribution in [2.75, 3.05) is 5.32 Å². The van der Waals surface area contributed by atoms with Gasteiger partial charge >= 0.3 is 11.0 Å². The summed E-state index contributed by atoms with van der Waals surface area (Å²) in [5, 5.41) is 22.4. The van der Waals surface area contributed by atoms with Crippen molar-refractivity contribution in [2.24, 2.45) is 0 Å².